The zero-order chi connectivity index (χ0) is 21.7. The van der Waals surface area contributed by atoms with E-state index in [1.54, 1.807) is 56.5 Å². The highest BCUT2D eigenvalue weighted by Gasteiger charge is 2.18. The number of hydrogen-bond donors (Lipinski definition) is 2. The van der Waals surface area contributed by atoms with Crippen LogP contribution in [0.15, 0.2) is 71.6 Å². The summed E-state index contributed by atoms with van der Waals surface area (Å²) in [5.74, 6) is 0.479. The quantitative estimate of drug-likeness (QED) is 0.592. The Balaban J connectivity index is 1.76. The molecule has 0 saturated carbocycles. The van der Waals surface area contributed by atoms with E-state index in [0.29, 0.717) is 22.7 Å². The number of anilines is 2. The van der Waals surface area contributed by atoms with E-state index in [0.717, 1.165) is 11.1 Å². The van der Waals surface area contributed by atoms with Gasteiger partial charge in [-0.2, -0.15) is 0 Å². The molecule has 3 aromatic rings. The van der Waals surface area contributed by atoms with Crippen LogP contribution < -0.4 is 14.8 Å². The first kappa shape index (κ1) is 21.4. The minimum absolute atomic E-state index is 0.117. The number of aryl methyl sites for hydroxylation is 2. The molecule has 156 valence electrons. The van der Waals surface area contributed by atoms with Gasteiger partial charge in [0.2, 0.25) is 5.91 Å². The summed E-state index contributed by atoms with van der Waals surface area (Å²) < 4.78 is 33.5. The van der Waals surface area contributed by atoms with Gasteiger partial charge in [-0.15, -0.1) is 0 Å². The Kier molecular flexibility index (Phi) is 6.42. The van der Waals surface area contributed by atoms with Crippen LogP contribution in [0.4, 0.5) is 11.4 Å². The summed E-state index contributed by atoms with van der Waals surface area (Å²) >= 11 is 0. The average molecular weight is 425 g/mol. The summed E-state index contributed by atoms with van der Waals surface area (Å²) in [6, 6.07) is 19.2. The van der Waals surface area contributed by atoms with Crippen LogP contribution in [0, 0.1) is 13.8 Å². The molecular weight excluding hydrogens is 400 g/mol. The Morgan fingerprint density at radius 2 is 1.67 bits per heavy atom. The van der Waals surface area contributed by atoms with Gasteiger partial charge >= 0.3 is 0 Å². The van der Waals surface area contributed by atoms with Gasteiger partial charge in [0.1, 0.15) is 5.75 Å². The highest BCUT2D eigenvalue weighted by molar-refractivity contribution is 7.92. The number of ether oxygens (including phenoxy) is 1. The predicted molar refractivity (Wildman–Crippen MR) is 118 cm³/mol. The predicted octanol–water partition coefficient (Wildman–Crippen LogP) is 4.29. The third-order valence-corrected chi connectivity index (χ3v) is 6.08. The fourth-order valence-electron chi connectivity index (χ4n) is 3.02. The number of nitrogens with one attached hydrogen (secondary N) is 2. The van der Waals surface area contributed by atoms with E-state index in [2.05, 4.69) is 10.0 Å². The van der Waals surface area contributed by atoms with E-state index in [1.807, 2.05) is 25.1 Å². The van der Waals surface area contributed by atoms with Crippen molar-refractivity contribution in [2.75, 3.05) is 17.1 Å². The van der Waals surface area contributed by atoms with E-state index >= 15 is 0 Å². The fourth-order valence-corrected chi connectivity index (χ4v) is 4.34. The molecule has 0 radical (unpaired) electrons. The first-order valence-electron chi connectivity index (χ1n) is 9.40. The number of sulfonamides is 1. The zero-order valence-corrected chi connectivity index (χ0v) is 17.9. The summed E-state index contributed by atoms with van der Waals surface area (Å²) in [6.45, 7) is 3.61. The van der Waals surface area contributed by atoms with Gasteiger partial charge in [-0.3, -0.25) is 9.52 Å². The molecule has 0 aliphatic rings. The van der Waals surface area contributed by atoms with Gasteiger partial charge in [-0.05, 0) is 66.9 Å². The Morgan fingerprint density at radius 3 is 2.33 bits per heavy atom. The number of methoxy groups -OCH3 is 1. The van der Waals surface area contributed by atoms with Gasteiger partial charge in [0.15, 0.2) is 0 Å². The van der Waals surface area contributed by atoms with Crippen molar-refractivity contribution in [3.05, 3.63) is 83.4 Å². The topological polar surface area (TPSA) is 84.5 Å². The van der Waals surface area contributed by atoms with E-state index in [4.69, 9.17) is 4.74 Å². The smallest absolute Gasteiger partial charge is 0.262 e. The van der Waals surface area contributed by atoms with Gasteiger partial charge in [0.05, 0.1) is 18.4 Å². The second kappa shape index (κ2) is 9.00. The van der Waals surface area contributed by atoms with Crippen LogP contribution in [0.5, 0.6) is 5.75 Å². The summed E-state index contributed by atoms with van der Waals surface area (Å²) in [5, 5.41) is 2.77. The SMILES string of the molecule is COc1ccc(CC(=O)Nc2ccc(C)c(S(=O)(=O)Nc3cccc(C)c3)c2)cc1. The molecule has 3 rings (SSSR count). The molecule has 1 amide bonds. The molecule has 6 nitrogen and oxygen atoms in total. The molecule has 0 spiro atoms. The van der Waals surface area contributed by atoms with Crippen LogP contribution in [-0.2, 0) is 21.2 Å². The maximum atomic E-state index is 12.9. The second-order valence-corrected chi connectivity index (χ2v) is 8.68. The fraction of sp³-hybridized carbons (Fsp3) is 0.174. The Labute approximate surface area is 177 Å². The molecule has 7 heteroatoms. The van der Waals surface area contributed by atoms with Crippen molar-refractivity contribution in [3.8, 4) is 5.75 Å². The lowest BCUT2D eigenvalue weighted by Gasteiger charge is -2.13. The molecule has 0 unspecified atom stereocenters. The Bertz CT molecular complexity index is 1160. The van der Waals surface area contributed by atoms with Gasteiger partial charge in [-0.1, -0.05) is 30.3 Å². The van der Waals surface area contributed by atoms with Crippen molar-refractivity contribution in [2.45, 2.75) is 25.2 Å². The van der Waals surface area contributed by atoms with Crippen molar-refractivity contribution < 1.29 is 17.9 Å². The second-order valence-electron chi connectivity index (χ2n) is 7.03. The van der Waals surface area contributed by atoms with Crippen molar-refractivity contribution in [1.29, 1.82) is 0 Å². The molecule has 0 heterocycles. The molecule has 0 aliphatic carbocycles. The third-order valence-electron chi connectivity index (χ3n) is 4.56. The van der Waals surface area contributed by atoms with Crippen LogP contribution >= 0.6 is 0 Å². The van der Waals surface area contributed by atoms with E-state index < -0.39 is 10.0 Å². The third kappa shape index (κ3) is 5.39. The van der Waals surface area contributed by atoms with E-state index in [-0.39, 0.29) is 17.2 Å². The number of carbonyl (C=O) groups excluding carboxylic acids is 1. The highest BCUT2D eigenvalue weighted by atomic mass is 32.2. The zero-order valence-electron chi connectivity index (χ0n) is 17.1. The molecule has 0 aliphatic heterocycles. The van der Waals surface area contributed by atoms with Crippen LogP contribution in [0.2, 0.25) is 0 Å². The molecule has 0 bridgehead atoms. The summed E-state index contributed by atoms with van der Waals surface area (Å²) in [7, 11) is -2.22. The van der Waals surface area contributed by atoms with Crippen LogP contribution in [0.25, 0.3) is 0 Å². The molecule has 2 N–H and O–H groups in total. The molecule has 30 heavy (non-hydrogen) atoms. The Morgan fingerprint density at radius 1 is 0.933 bits per heavy atom. The lowest BCUT2D eigenvalue weighted by Crippen LogP contribution is -2.17. The van der Waals surface area contributed by atoms with Crippen molar-refractivity contribution in [2.24, 2.45) is 0 Å². The maximum absolute atomic E-state index is 12.9. The summed E-state index contributed by atoms with van der Waals surface area (Å²) in [6.07, 6.45) is 0.168. The minimum Gasteiger partial charge on any atom is -0.497 e. The van der Waals surface area contributed by atoms with Crippen LogP contribution in [-0.4, -0.2) is 21.4 Å². The minimum atomic E-state index is -3.80. The highest BCUT2D eigenvalue weighted by Crippen LogP contribution is 2.23. The summed E-state index contributed by atoms with van der Waals surface area (Å²) in [4.78, 5) is 12.5. The summed E-state index contributed by atoms with van der Waals surface area (Å²) in [5.41, 5.74) is 3.27. The molecule has 0 saturated heterocycles. The first-order valence-corrected chi connectivity index (χ1v) is 10.9. The molecule has 0 aromatic heterocycles. The van der Waals surface area contributed by atoms with Gasteiger partial charge in [0, 0.05) is 11.4 Å². The largest absolute Gasteiger partial charge is 0.497 e. The van der Waals surface area contributed by atoms with Gasteiger partial charge in [0.25, 0.3) is 10.0 Å². The molecule has 3 aromatic carbocycles. The van der Waals surface area contributed by atoms with Gasteiger partial charge in [-0.25, -0.2) is 8.42 Å². The van der Waals surface area contributed by atoms with Crippen molar-refractivity contribution >= 4 is 27.3 Å². The lowest BCUT2D eigenvalue weighted by molar-refractivity contribution is -0.115. The number of carbonyl (C=O) groups is 1. The number of benzene rings is 3. The van der Waals surface area contributed by atoms with Crippen molar-refractivity contribution in [3.63, 3.8) is 0 Å². The van der Waals surface area contributed by atoms with Crippen LogP contribution in [0.1, 0.15) is 16.7 Å². The van der Waals surface area contributed by atoms with Crippen molar-refractivity contribution in [1.82, 2.24) is 0 Å². The molecule has 0 fully saturated rings. The molecular formula is C23H24N2O4S. The Hall–Kier alpha value is -3.32. The maximum Gasteiger partial charge on any atom is 0.262 e. The van der Waals surface area contributed by atoms with Gasteiger partial charge < -0.3 is 10.1 Å². The lowest BCUT2D eigenvalue weighted by atomic mass is 10.1. The number of hydrogen-bond acceptors (Lipinski definition) is 4. The normalized spacial score (nSPS) is 11.0. The van der Waals surface area contributed by atoms with Crippen LogP contribution in [0.3, 0.4) is 0 Å². The van der Waals surface area contributed by atoms with E-state index in [1.165, 1.54) is 6.07 Å². The average Bonchev–Trinajstić information content (AvgIpc) is 2.69. The standard InChI is InChI=1S/C23H24N2O4S/c1-16-5-4-6-20(13-16)25-30(27,28)22-15-19(10-7-17(22)2)24-23(26)14-18-8-11-21(29-3)12-9-18/h4-13,15,25H,14H2,1-3H3,(H,24,26). The van der Waals surface area contributed by atoms with E-state index in [9.17, 15) is 13.2 Å². The number of rotatable bonds is 7. The first-order chi connectivity index (χ1) is 14.3. The number of amides is 1. The molecule has 0 atom stereocenters. The monoisotopic (exact) mass is 424 g/mol.